The van der Waals surface area contributed by atoms with Gasteiger partial charge in [0, 0.05) is 30.2 Å². The van der Waals surface area contributed by atoms with Crippen LogP contribution >= 0.6 is 11.3 Å². The molecule has 2 aliphatic heterocycles. The van der Waals surface area contributed by atoms with Crippen LogP contribution in [0.4, 0.5) is 16.5 Å². The molecular formula is C24H26N6O3S. The molecule has 0 atom stereocenters. The van der Waals surface area contributed by atoms with Crippen molar-refractivity contribution in [2.45, 2.75) is 31.3 Å². The number of fused-ring (bicyclic) bond motifs is 1. The van der Waals surface area contributed by atoms with Gasteiger partial charge in [-0.25, -0.2) is 4.98 Å². The Hall–Kier alpha value is -3.34. The van der Waals surface area contributed by atoms with Crippen molar-refractivity contribution in [2.75, 3.05) is 34.8 Å². The molecule has 9 nitrogen and oxygen atoms in total. The normalized spacial score (nSPS) is 17.4. The lowest BCUT2D eigenvalue weighted by molar-refractivity contribution is -0.118. The van der Waals surface area contributed by atoms with Crippen molar-refractivity contribution in [1.82, 2.24) is 9.97 Å². The minimum atomic E-state index is -0.559. The first-order chi connectivity index (χ1) is 16.5. The predicted molar refractivity (Wildman–Crippen MR) is 131 cm³/mol. The lowest BCUT2D eigenvalue weighted by Crippen LogP contribution is -2.53. The Morgan fingerprint density at radius 2 is 1.97 bits per heavy atom. The van der Waals surface area contributed by atoms with Crippen molar-refractivity contribution in [3.8, 4) is 0 Å². The smallest absolute Gasteiger partial charge is 0.275 e. The van der Waals surface area contributed by atoms with Gasteiger partial charge in [0.15, 0.2) is 5.13 Å². The number of hydrogen-bond donors (Lipinski definition) is 3. The van der Waals surface area contributed by atoms with Crippen LogP contribution in [-0.4, -0.2) is 52.1 Å². The molecule has 2 aliphatic rings. The fraction of sp³-hybridized carbons (Fsp3) is 0.333. The van der Waals surface area contributed by atoms with Crippen molar-refractivity contribution in [1.29, 1.82) is 0 Å². The monoisotopic (exact) mass is 478 g/mol. The zero-order valence-corrected chi connectivity index (χ0v) is 19.4. The van der Waals surface area contributed by atoms with Crippen LogP contribution in [0.2, 0.25) is 0 Å². The van der Waals surface area contributed by atoms with Crippen molar-refractivity contribution in [2.24, 2.45) is 5.73 Å². The summed E-state index contributed by atoms with van der Waals surface area (Å²) in [5, 5.41) is 14.6. The van der Waals surface area contributed by atoms with Gasteiger partial charge in [-0.1, -0.05) is 24.3 Å². The average molecular weight is 479 g/mol. The number of benzene rings is 1. The van der Waals surface area contributed by atoms with Gasteiger partial charge in [-0.2, -0.15) is 0 Å². The number of rotatable bonds is 5. The van der Waals surface area contributed by atoms with Gasteiger partial charge in [-0.15, -0.1) is 11.3 Å². The van der Waals surface area contributed by atoms with E-state index in [0.29, 0.717) is 49.7 Å². The molecule has 0 bridgehead atoms. The maximum absolute atomic E-state index is 13.0. The predicted octanol–water partition coefficient (Wildman–Crippen LogP) is 2.17. The van der Waals surface area contributed by atoms with Crippen LogP contribution in [0, 0.1) is 0 Å². The highest BCUT2D eigenvalue weighted by atomic mass is 32.1. The number of carbonyl (C=O) groups is 2. The third kappa shape index (κ3) is 4.39. The molecule has 0 aliphatic carbocycles. The summed E-state index contributed by atoms with van der Waals surface area (Å²) in [4.78, 5) is 38.1. The van der Waals surface area contributed by atoms with Gasteiger partial charge < -0.3 is 21.1 Å². The van der Waals surface area contributed by atoms with Crippen LogP contribution in [0.15, 0.2) is 48.1 Å². The first-order valence-electron chi connectivity index (χ1n) is 11.2. The van der Waals surface area contributed by atoms with Crippen molar-refractivity contribution in [3.05, 3.63) is 64.9 Å². The zero-order valence-electron chi connectivity index (χ0n) is 18.6. The van der Waals surface area contributed by atoms with Crippen LogP contribution in [0.3, 0.4) is 0 Å². The molecule has 2 amide bonds. The number of nitrogens with one attached hydrogen (secondary N) is 1. The van der Waals surface area contributed by atoms with Crippen molar-refractivity contribution < 1.29 is 14.7 Å². The van der Waals surface area contributed by atoms with E-state index in [1.165, 1.54) is 11.3 Å². The number of thiazole rings is 1. The summed E-state index contributed by atoms with van der Waals surface area (Å²) < 4.78 is 0. The topological polar surface area (TPSA) is 125 Å². The number of amides is 2. The molecule has 4 N–H and O–H groups in total. The van der Waals surface area contributed by atoms with Gasteiger partial charge in [0.2, 0.25) is 5.91 Å². The van der Waals surface area contributed by atoms with E-state index in [9.17, 15) is 14.7 Å². The minimum absolute atomic E-state index is 0.0292. The lowest BCUT2D eigenvalue weighted by atomic mass is 9.89. The maximum atomic E-state index is 13.0. The molecule has 176 valence electrons. The van der Waals surface area contributed by atoms with Crippen LogP contribution in [0.25, 0.3) is 0 Å². The largest absolute Gasteiger partial charge is 0.394 e. The van der Waals surface area contributed by atoms with Crippen molar-refractivity contribution >= 4 is 39.7 Å². The number of pyridine rings is 1. The molecule has 0 saturated carbocycles. The second kappa shape index (κ2) is 9.13. The minimum Gasteiger partial charge on any atom is -0.394 e. The number of carbonyl (C=O) groups excluding carboxylic acids is 2. The summed E-state index contributed by atoms with van der Waals surface area (Å²) in [7, 11) is 0. The number of aromatic nitrogens is 2. The first-order valence-corrected chi connectivity index (χ1v) is 12.1. The standard InChI is InChI=1S/C24H26N6O3S/c25-24(15-31)6-9-29(10-7-24)20-5-8-26-12-18(20)27-22(33)19-14-34-23(28-19)30-13-17-4-2-1-3-16(17)11-21(30)32/h1-5,8,12,14,31H,6-7,9-11,13,15,25H2,(H,27,33). The van der Waals surface area contributed by atoms with E-state index in [-0.39, 0.29) is 24.1 Å². The van der Waals surface area contributed by atoms with E-state index in [0.717, 1.165) is 16.8 Å². The highest BCUT2D eigenvalue weighted by Crippen LogP contribution is 2.31. The molecule has 1 fully saturated rings. The SMILES string of the molecule is NC1(CO)CCN(c2ccncc2NC(=O)c2csc(N3Cc4ccccc4CC3=O)n2)CC1. The molecule has 1 aromatic carbocycles. The highest BCUT2D eigenvalue weighted by molar-refractivity contribution is 7.14. The third-order valence-electron chi connectivity index (χ3n) is 6.51. The number of nitrogens with zero attached hydrogens (tertiary/aromatic N) is 4. The Bertz CT molecular complexity index is 1220. The first kappa shape index (κ1) is 22.5. The van der Waals surface area contributed by atoms with Crippen LogP contribution in [0.1, 0.15) is 34.5 Å². The summed E-state index contributed by atoms with van der Waals surface area (Å²) in [6.45, 7) is 1.74. The lowest BCUT2D eigenvalue weighted by Gasteiger charge is -2.39. The Balaban J connectivity index is 1.30. The number of piperidine rings is 1. The van der Waals surface area contributed by atoms with Crippen LogP contribution in [-0.2, 0) is 17.8 Å². The van der Waals surface area contributed by atoms with E-state index in [4.69, 9.17) is 5.73 Å². The summed E-state index contributed by atoms with van der Waals surface area (Å²) in [5.41, 5.74) is 9.45. The molecule has 10 heteroatoms. The number of aliphatic hydroxyl groups is 1. The van der Waals surface area contributed by atoms with E-state index in [1.54, 1.807) is 22.7 Å². The van der Waals surface area contributed by atoms with Gasteiger partial charge in [-0.05, 0) is 30.0 Å². The number of hydrogen-bond acceptors (Lipinski definition) is 8. The third-order valence-corrected chi connectivity index (χ3v) is 7.37. The van der Waals surface area contributed by atoms with E-state index in [2.05, 4.69) is 20.2 Å². The fourth-order valence-corrected chi connectivity index (χ4v) is 5.19. The second-order valence-electron chi connectivity index (χ2n) is 8.80. The summed E-state index contributed by atoms with van der Waals surface area (Å²) in [5.74, 6) is -0.388. The maximum Gasteiger partial charge on any atom is 0.275 e. The molecule has 4 heterocycles. The molecule has 0 radical (unpaired) electrons. The van der Waals surface area contributed by atoms with Gasteiger partial charge in [0.25, 0.3) is 5.91 Å². The Kier molecular flexibility index (Phi) is 6.03. The molecule has 0 spiro atoms. The Morgan fingerprint density at radius 3 is 2.74 bits per heavy atom. The summed E-state index contributed by atoms with van der Waals surface area (Å²) in [6.07, 6.45) is 4.93. The molecular weight excluding hydrogens is 452 g/mol. The molecule has 3 aromatic rings. The quantitative estimate of drug-likeness (QED) is 0.513. The molecule has 2 aromatic heterocycles. The molecule has 34 heavy (non-hydrogen) atoms. The fourth-order valence-electron chi connectivity index (χ4n) is 4.36. The van der Waals surface area contributed by atoms with Crippen LogP contribution < -0.4 is 20.9 Å². The van der Waals surface area contributed by atoms with Crippen LogP contribution in [0.5, 0.6) is 0 Å². The molecule has 0 unspecified atom stereocenters. The van der Waals surface area contributed by atoms with Gasteiger partial charge in [0.1, 0.15) is 5.69 Å². The van der Waals surface area contributed by atoms with Crippen molar-refractivity contribution in [3.63, 3.8) is 0 Å². The average Bonchev–Trinajstić information content (AvgIpc) is 3.35. The van der Waals surface area contributed by atoms with Gasteiger partial charge >= 0.3 is 0 Å². The van der Waals surface area contributed by atoms with E-state index in [1.807, 2.05) is 30.3 Å². The Labute approximate surface area is 201 Å². The highest BCUT2D eigenvalue weighted by Gasteiger charge is 2.31. The van der Waals surface area contributed by atoms with E-state index >= 15 is 0 Å². The number of nitrogens with two attached hydrogens (primary N) is 1. The Morgan fingerprint density at radius 1 is 1.21 bits per heavy atom. The number of aliphatic hydroxyl groups excluding tert-OH is 1. The molecule has 1 saturated heterocycles. The van der Waals surface area contributed by atoms with E-state index < -0.39 is 5.54 Å². The number of anilines is 3. The summed E-state index contributed by atoms with van der Waals surface area (Å²) in [6, 6.07) is 9.72. The summed E-state index contributed by atoms with van der Waals surface area (Å²) >= 11 is 1.28. The van der Waals surface area contributed by atoms with Gasteiger partial charge in [0.05, 0.1) is 37.1 Å². The molecule has 5 rings (SSSR count). The zero-order chi connectivity index (χ0) is 23.7. The van der Waals surface area contributed by atoms with Gasteiger partial charge in [-0.3, -0.25) is 19.5 Å². The second-order valence-corrected chi connectivity index (χ2v) is 9.63.